The van der Waals surface area contributed by atoms with Gasteiger partial charge in [0.05, 0.1) is 0 Å². The minimum Gasteiger partial charge on any atom is -0.103 e. The van der Waals surface area contributed by atoms with Crippen LogP contribution in [0.2, 0.25) is 5.04 Å². The van der Waals surface area contributed by atoms with E-state index in [1.807, 2.05) is 0 Å². The highest BCUT2D eigenvalue weighted by Gasteiger charge is 2.24. The molecule has 1 heteroatoms. The van der Waals surface area contributed by atoms with Gasteiger partial charge in [0.25, 0.3) is 0 Å². The molecule has 0 amide bonds. The summed E-state index contributed by atoms with van der Waals surface area (Å²) >= 11 is 0. The van der Waals surface area contributed by atoms with Crippen LogP contribution in [-0.4, -0.2) is 10.2 Å². The van der Waals surface area contributed by atoms with Crippen molar-refractivity contribution in [1.82, 2.24) is 0 Å². The number of rotatable bonds is 4. The average molecular weight is 156 g/mol. The molecule has 0 bridgehead atoms. The molecule has 0 aromatic rings. The molecule has 0 radical (unpaired) electrons. The van der Waals surface area contributed by atoms with Crippen LogP contribution >= 0.6 is 0 Å². The van der Waals surface area contributed by atoms with E-state index in [0.29, 0.717) is 11.0 Å². The third-order valence-electron chi connectivity index (χ3n) is 3.07. The van der Waals surface area contributed by atoms with Crippen molar-refractivity contribution in [2.24, 2.45) is 5.92 Å². The molecular formula is C9H20Si. The Bertz CT molecular complexity index is 103. The Kier molecular flexibility index (Phi) is 3.95. The van der Waals surface area contributed by atoms with Crippen molar-refractivity contribution < 1.29 is 0 Å². The summed E-state index contributed by atoms with van der Waals surface area (Å²) in [6.45, 7) is 10.7. The molecule has 0 fully saturated rings. The predicted molar refractivity (Wildman–Crippen MR) is 52.6 cm³/mol. The predicted octanol–water partition coefficient (Wildman–Crippen LogP) is 2.15. The maximum atomic E-state index is 3.84. The van der Waals surface area contributed by atoms with Gasteiger partial charge in [-0.15, -0.1) is 6.58 Å². The molecule has 0 N–H and O–H groups in total. The Balaban J connectivity index is 4.15. The fourth-order valence-corrected chi connectivity index (χ4v) is 1.41. The maximum absolute atomic E-state index is 3.84. The molecule has 0 rings (SSSR count). The van der Waals surface area contributed by atoms with Gasteiger partial charge in [0.15, 0.2) is 0 Å². The first-order chi connectivity index (χ1) is 4.60. The lowest BCUT2D eigenvalue weighted by Crippen LogP contribution is -2.18. The van der Waals surface area contributed by atoms with E-state index in [-0.39, 0.29) is 0 Å². The lowest BCUT2D eigenvalue weighted by Gasteiger charge is -2.31. The summed E-state index contributed by atoms with van der Waals surface area (Å²) < 4.78 is 0. The van der Waals surface area contributed by atoms with Gasteiger partial charge in [-0.05, 0) is 11.0 Å². The largest absolute Gasteiger partial charge is 0.103 e. The molecular weight excluding hydrogens is 136 g/mol. The van der Waals surface area contributed by atoms with Crippen LogP contribution in [0.3, 0.4) is 0 Å². The van der Waals surface area contributed by atoms with E-state index >= 15 is 0 Å². The van der Waals surface area contributed by atoms with Crippen molar-refractivity contribution in [3.63, 3.8) is 0 Å². The summed E-state index contributed by atoms with van der Waals surface area (Å²) in [5.41, 5.74) is 0. The van der Waals surface area contributed by atoms with Gasteiger partial charge in [-0.1, -0.05) is 39.7 Å². The standard InChI is InChI=1S/C9H20Si/c1-5-8(4)9(10,6-2)7-3/h5,8H,1,6-7H2,2-4,10H3. The number of allylic oxidation sites excluding steroid dienone is 1. The van der Waals surface area contributed by atoms with Gasteiger partial charge >= 0.3 is 0 Å². The Hall–Kier alpha value is -0.0431. The van der Waals surface area contributed by atoms with E-state index in [4.69, 9.17) is 0 Å². The maximum Gasteiger partial charge on any atom is 0.0114 e. The Morgan fingerprint density at radius 2 is 1.90 bits per heavy atom. The van der Waals surface area contributed by atoms with Crippen LogP contribution in [-0.2, 0) is 0 Å². The quantitative estimate of drug-likeness (QED) is 0.432. The summed E-state index contributed by atoms with van der Waals surface area (Å²) in [7, 11) is 1.29. The molecule has 0 heterocycles. The summed E-state index contributed by atoms with van der Waals surface area (Å²) in [6.07, 6.45) is 4.71. The third kappa shape index (κ3) is 1.98. The molecule has 0 spiro atoms. The van der Waals surface area contributed by atoms with E-state index in [1.165, 1.54) is 23.1 Å². The minimum absolute atomic E-state index is 0.613. The highest BCUT2D eigenvalue weighted by atomic mass is 28.1. The van der Waals surface area contributed by atoms with Crippen molar-refractivity contribution in [1.29, 1.82) is 0 Å². The van der Waals surface area contributed by atoms with Crippen molar-refractivity contribution in [3.05, 3.63) is 12.7 Å². The summed E-state index contributed by atoms with van der Waals surface area (Å²) in [4.78, 5) is 0. The second kappa shape index (κ2) is 3.97. The Morgan fingerprint density at radius 1 is 1.50 bits per heavy atom. The summed E-state index contributed by atoms with van der Waals surface area (Å²) in [5, 5.41) is 0.613. The lowest BCUT2D eigenvalue weighted by molar-refractivity contribution is 0.421. The number of hydrogen-bond acceptors (Lipinski definition) is 0. The SMILES string of the molecule is C=CC(C)C([SiH3])(CC)CC. The van der Waals surface area contributed by atoms with Gasteiger partial charge < -0.3 is 0 Å². The van der Waals surface area contributed by atoms with E-state index < -0.39 is 0 Å². The van der Waals surface area contributed by atoms with Gasteiger partial charge in [0, 0.05) is 10.2 Å². The van der Waals surface area contributed by atoms with Crippen molar-refractivity contribution >= 4 is 10.2 Å². The van der Waals surface area contributed by atoms with Crippen LogP contribution < -0.4 is 0 Å². The van der Waals surface area contributed by atoms with E-state index in [9.17, 15) is 0 Å². The van der Waals surface area contributed by atoms with Crippen LogP contribution in [0.5, 0.6) is 0 Å². The van der Waals surface area contributed by atoms with Crippen LogP contribution in [0.1, 0.15) is 33.6 Å². The Morgan fingerprint density at radius 3 is 2.00 bits per heavy atom. The topological polar surface area (TPSA) is 0 Å². The van der Waals surface area contributed by atoms with Gasteiger partial charge in [0.1, 0.15) is 0 Å². The highest BCUT2D eigenvalue weighted by Crippen LogP contribution is 2.39. The second-order valence-corrected chi connectivity index (χ2v) is 5.38. The van der Waals surface area contributed by atoms with Crippen molar-refractivity contribution in [3.8, 4) is 0 Å². The van der Waals surface area contributed by atoms with Crippen LogP contribution in [0.4, 0.5) is 0 Å². The molecule has 0 aliphatic heterocycles. The molecule has 0 saturated carbocycles. The van der Waals surface area contributed by atoms with Crippen LogP contribution in [0, 0.1) is 5.92 Å². The zero-order chi connectivity index (χ0) is 8.20. The monoisotopic (exact) mass is 156 g/mol. The van der Waals surface area contributed by atoms with Gasteiger partial charge in [-0.25, -0.2) is 0 Å². The average Bonchev–Trinajstić information content (AvgIpc) is 2.01. The normalized spacial score (nSPS) is 15.1. The molecule has 0 aromatic heterocycles. The summed E-state index contributed by atoms with van der Waals surface area (Å²) in [5.74, 6) is 0.703. The fourth-order valence-electron chi connectivity index (χ4n) is 1.18. The van der Waals surface area contributed by atoms with Gasteiger partial charge in [-0.3, -0.25) is 0 Å². The molecule has 60 valence electrons. The van der Waals surface area contributed by atoms with Crippen molar-refractivity contribution in [2.45, 2.75) is 38.7 Å². The highest BCUT2D eigenvalue weighted by molar-refractivity contribution is 6.15. The molecule has 0 aromatic carbocycles. The lowest BCUT2D eigenvalue weighted by atomic mass is 9.88. The molecule has 10 heavy (non-hydrogen) atoms. The van der Waals surface area contributed by atoms with Gasteiger partial charge in [0.2, 0.25) is 0 Å². The molecule has 0 aliphatic rings. The zero-order valence-corrected chi connectivity index (χ0v) is 9.78. The second-order valence-electron chi connectivity index (χ2n) is 3.39. The van der Waals surface area contributed by atoms with Crippen LogP contribution in [0.25, 0.3) is 0 Å². The summed E-state index contributed by atoms with van der Waals surface area (Å²) in [6, 6.07) is 0. The Labute approximate surface area is 68.1 Å². The minimum atomic E-state index is 0.613. The van der Waals surface area contributed by atoms with E-state index in [0.717, 1.165) is 0 Å². The molecule has 1 atom stereocenters. The van der Waals surface area contributed by atoms with Crippen molar-refractivity contribution in [2.75, 3.05) is 0 Å². The zero-order valence-electron chi connectivity index (χ0n) is 7.78. The molecule has 0 nitrogen and oxygen atoms in total. The van der Waals surface area contributed by atoms with Crippen LogP contribution in [0.15, 0.2) is 12.7 Å². The molecule has 0 aliphatic carbocycles. The smallest absolute Gasteiger partial charge is 0.0114 e. The van der Waals surface area contributed by atoms with E-state index in [2.05, 4.69) is 33.4 Å². The molecule has 0 saturated heterocycles. The number of hydrogen-bond donors (Lipinski definition) is 0. The van der Waals surface area contributed by atoms with Gasteiger partial charge in [-0.2, -0.15) is 0 Å². The van der Waals surface area contributed by atoms with E-state index in [1.54, 1.807) is 0 Å². The molecule has 1 unspecified atom stereocenters. The fraction of sp³-hybridized carbons (Fsp3) is 0.778. The first kappa shape index (κ1) is 9.96. The first-order valence-electron chi connectivity index (χ1n) is 4.23. The first-order valence-corrected chi connectivity index (χ1v) is 5.23. The third-order valence-corrected chi connectivity index (χ3v) is 5.39.